The van der Waals surface area contributed by atoms with Gasteiger partial charge in [0.15, 0.2) is 10.3 Å². The summed E-state index contributed by atoms with van der Waals surface area (Å²) in [4.78, 5) is 17.9. The molecule has 2 aliphatic rings. The summed E-state index contributed by atoms with van der Waals surface area (Å²) in [5, 5.41) is 10.8. The van der Waals surface area contributed by atoms with Crippen LogP contribution in [0.15, 0.2) is 35.7 Å². The number of hydrogen-bond acceptors (Lipinski definition) is 5. The number of amides is 1. The Labute approximate surface area is 143 Å². The molecule has 0 bridgehead atoms. The van der Waals surface area contributed by atoms with Crippen molar-refractivity contribution in [2.45, 2.75) is 31.1 Å². The molecule has 1 aliphatic heterocycles. The monoisotopic (exact) mass is 343 g/mol. The van der Waals surface area contributed by atoms with E-state index in [0.29, 0.717) is 22.0 Å². The summed E-state index contributed by atoms with van der Waals surface area (Å²) < 4.78 is 0. The van der Waals surface area contributed by atoms with E-state index < -0.39 is 0 Å². The first-order valence-corrected chi connectivity index (χ1v) is 9.49. The fraction of sp³-hybridized carbons (Fsp3) is 0.353. The Balaban J connectivity index is 1.50. The minimum Gasteiger partial charge on any atom is -0.278 e. The standard InChI is InChI=1S/C17H17N3OS2/c1-17(12-5-3-2-4-6-12)7-11(8-17)13-9-23-16(19-13)20-14(21)10-22-15(20)18/h2-6,9,11,18H,7-8,10H2,1H3. The summed E-state index contributed by atoms with van der Waals surface area (Å²) in [5.41, 5.74) is 2.68. The minimum absolute atomic E-state index is 0.0383. The second-order valence-electron chi connectivity index (χ2n) is 6.41. The molecule has 23 heavy (non-hydrogen) atoms. The Hall–Kier alpha value is -1.66. The topological polar surface area (TPSA) is 57.1 Å². The number of amidine groups is 1. The molecule has 1 amide bonds. The van der Waals surface area contributed by atoms with E-state index in [0.717, 1.165) is 18.5 Å². The molecular weight excluding hydrogens is 326 g/mol. The van der Waals surface area contributed by atoms with Gasteiger partial charge in [-0.05, 0) is 23.8 Å². The Morgan fingerprint density at radius 2 is 2.04 bits per heavy atom. The smallest absolute Gasteiger partial charge is 0.245 e. The SMILES string of the molecule is CC1(c2ccccc2)CC(c2csc(N3C(=N)SCC3=O)n2)C1. The summed E-state index contributed by atoms with van der Waals surface area (Å²) in [6.07, 6.45) is 2.17. The lowest BCUT2D eigenvalue weighted by Crippen LogP contribution is -2.37. The van der Waals surface area contributed by atoms with E-state index in [2.05, 4.69) is 42.2 Å². The number of benzene rings is 1. The summed E-state index contributed by atoms with van der Waals surface area (Å²) in [6.45, 7) is 2.31. The second kappa shape index (κ2) is 5.46. The molecule has 4 rings (SSSR count). The molecular formula is C17H17N3OS2. The Kier molecular flexibility index (Phi) is 3.54. The van der Waals surface area contributed by atoms with Gasteiger partial charge >= 0.3 is 0 Å². The number of carbonyl (C=O) groups is 1. The summed E-state index contributed by atoms with van der Waals surface area (Å²) in [7, 11) is 0. The number of anilines is 1. The average molecular weight is 343 g/mol. The highest BCUT2D eigenvalue weighted by Crippen LogP contribution is 2.52. The van der Waals surface area contributed by atoms with Crippen molar-refractivity contribution < 1.29 is 4.79 Å². The van der Waals surface area contributed by atoms with Crippen molar-refractivity contribution in [3.8, 4) is 0 Å². The number of hydrogen-bond donors (Lipinski definition) is 1. The van der Waals surface area contributed by atoms with Gasteiger partial charge in [-0.15, -0.1) is 11.3 Å². The van der Waals surface area contributed by atoms with E-state index in [1.54, 1.807) is 0 Å². The van der Waals surface area contributed by atoms with Crippen LogP contribution in [0.5, 0.6) is 0 Å². The van der Waals surface area contributed by atoms with Crippen LogP contribution in [-0.4, -0.2) is 21.8 Å². The average Bonchev–Trinajstić information content (AvgIpc) is 3.12. The van der Waals surface area contributed by atoms with Gasteiger partial charge in [-0.2, -0.15) is 0 Å². The molecule has 0 spiro atoms. The molecule has 2 aromatic rings. The number of aromatic nitrogens is 1. The zero-order chi connectivity index (χ0) is 16.0. The number of carbonyl (C=O) groups excluding carboxylic acids is 1. The van der Waals surface area contributed by atoms with E-state index in [1.165, 1.54) is 33.6 Å². The third-order valence-electron chi connectivity index (χ3n) is 4.77. The predicted molar refractivity (Wildman–Crippen MR) is 95.6 cm³/mol. The molecule has 1 N–H and O–H groups in total. The van der Waals surface area contributed by atoms with Crippen LogP contribution in [0.2, 0.25) is 0 Å². The molecule has 0 radical (unpaired) electrons. The van der Waals surface area contributed by atoms with Crippen LogP contribution in [-0.2, 0) is 10.2 Å². The molecule has 1 aromatic heterocycles. The van der Waals surface area contributed by atoms with Crippen LogP contribution in [0, 0.1) is 5.41 Å². The third kappa shape index (κ3) is 2.50. The Bertz CT molecular complexity index is 749. The van der Waals surface area contributed by atoms with Crippen LogP contribution in [0.25, 0.3) is 0 Å². The lowest BCUT2D eigenvalue weighted by molar-refractivity contribution is -0.115. The lowest BCUT2D eigenvalue weighted by atomic mass is 9.59. The van der Waals surface area contributed by atoms with Gasteiger partial charge in [0.25, 0.3) is 0 Å². The first-order valence-electron chi connectivity index (χ1n) is 7.62. The molecule has 0 atom stereocenters. The maximum atomic E-state index is 11.9. The fourth-order valence-corrected chi connectivity index (χ4v) is 5.14. The lowest BCUT2D eigenvalue weighted by Gasteiger charge is -2.45. The van der Waals surface area contributed by atoms with Crippen molar-refractivity contribution >= 4 is 39.3 Å². The highest BCUT2D eigenvalue weighted by molar-refractivity contribution is 8.15. The largest absolute Gasteiger partial charge is 0.278 e. The molecule has 0 unspecified atom stereocenters. The van der Waals surface area contributed by atoms with Crippen LogP contribution in [0.4, 0.5) is 5.13 Å². The number of thiazole rings is 1. The first-order chi connectivity index (χ1) is 11.1. The van der Waals surface area contributed by atoms with Gasteiger partial charge in [0.05, 0.1) is 11.4 Å². The highest BCUT2D eigenvalue weighted by atomic mass is 32.2. The molecule has 118 valence electrons. The highest BCUT2D eigenvalue weighted by Gasteiger charge is 2.43. The zero-order valence-electron chi connectivity index (χ0n) is 12.8. The van der Waals surface area contributed by atoms with Gasteiger partial charge in [0.1, 0.15) is 0 Å². The van der Waals surface area contributed by atoms with Crippen molar-refractivity contribution in [2.75, 3.05) is 10.7 Å². The third-order valence-corrected chi connectivity index (χ3v) is 6.46. The van der Waals surface area contributed by atoms with Gasteiger partial charge in [-0.25, -0.2) is 9.88 Å². The number of nitrogens with zero attached hydrogens (tertiary/aromatic N) is 2. The Morgan fingerprint density at radius 3 is 2.70 bits per heavy atom. The molecule has 1 saturated heterocycles. The minimum atomic E-state index is -0.0383. The van der Waals surface area contributed by atoms with Crippen LogP contribution in [0.3, 0.4) is 0 Å². The van der Waals surface area contributed by atoms with E-state index in [1.807, 2.05) is 5.38 Å². The van der Waals surface area contributed by atoms with E-state index >= 15 is 0 Å². The van der Waals surface area contributed by atoms with Crippen molar-refractivity contribution in [3.05, 3.63) is 47.0 Å². The second-order valence-corrected chi connectivity index (χ2v) is 8.21. The molecule has 1 aliphatic carbocycles. The zero-order valence-corrected chi connectivity index (χ0v) is 14.4. The van der Waals surface area contributed by atoms with Crippen LogP contribution in [0.1, 0.15) is 36.9 Å². The van der Waals surface area contributed by atoms with Crippen LogP contribution < -0.4 is 4.90 Å². The van der Waals surface area contributed by atoms with Gasteiger partial charge < -0.3 is 0 Å². The number of rotatable bonds is 3. The Morgan fingerprint density at radius 1 is 1.30 bits per heavy atom. The van der Waals surface area contributed by atoms with E-state index in [9.17, 15) is 4.79 Å². The van der Waals surface area contributed by atoms with Crippen molar-refractivity contribution in [1.82, 2.24) is 4.98 Å². The summed E-state index contributed by atoms with van der Waals surface area (Å²) in [5.74, 6) is 0.761. The van der Waals surface area contributed by atoms with Crippen molar-refractivity contribution in [1.29, 1.82) is 5.41 Å². The molecule has 6 heteroatoms. The molecule has 2 fully saturated rings. The van der Waals surface area contributed by atoms with Gasteiger partial charge in [-0.3, -0.25) is 10.2 Å². The summed E-state index contributed by atoms with van der Waals surface area (Å²) in [6, 6.07) is 10.6. The predicted octanol–water partition coefficient (Wildman–Crippen LogP) is 3.99. The molecule has 1 aromatic carbocycles. The van der Waals surface area contributed by atoms with Gasteiger partial charge in [0.2, 0.25) is 5.91 Å². The van der Waals surface area contributed by atoms with Gasteiger partial charge in [0, 0.05) is 11.3 Å². The van der Waals surface area contributed by atoms with Crippen LogP contribution >= 0.6 is 23.1 Å². The van der Waals surface area contributed by atoms with Crippen molar-refractivity contribution in [2.24, 2.45) is 0 Å². The van der Waals surface area contributed by atoms with Crippen molar-refractivity contribution in [3.63, 3.8) is 0 Å². The van der Waals surface area contributed by atoms with E-state index in [-0.39, 0.29) is 11.3 Å². The number of thioether (sulfide) groups is 1. The maximum absolute atomic E-state index is 11.9. The molecule has 2 heterocycles. The summed E-state index contributed by atoms with van der Waals surface area (Å²) >= 11 is 2.74. The molecule has 1 saturated carbocycles. The molecule has 4 nitrogen and oxygen atoms in total. The fourth-order valence-electron chi connectivity index (χ4n) is 3.45. The first kappa shape index (κ1) is 14.9. The van der Waals surface area contributed by atoms with E-state index in [4.69, 9.17) is 5.41 Å². The van der Waals surface area contributed by atoms with Gasteiger partial charge in [-0.1, -0.05) is 49.0 Å². The number of nitrogens with one attached hydrogen (secondary N) is 1. The maximum Gasteiger partial charge on any atom is 0.245 e. The normalized spacial score (nSPS) is 27.3. The quantitative estimate of drug-likeness (QED) is 0.916.